The summed E-state index contributed by atoms with van der Waals surface area (Å²) < 4.78 is 8.68. The molecule has 5 nitrogen and oxygen atoms in total. The van der Waals surface area contributed by atoms with Gasteiger partial charge in [-0.1, -0.05) is 12.1 Å². The van der Waals surface area contributed by atoms with Crippen molar-refractivity contribution >= 4 is 0 Å². The Morgan fingerprint density at radius 1 is 1.40 bits per heavy atom. The molecular weight excluding hydrogens is 254 g/mol. The van der Waals surface area contributed by atoms with Gasteiger partial charge < -0.3 is 10.5 Å². The first kappa shape index (κ1) is 13.0. The third-order valence-electron chi connectivity index (χ3n) is 3.73. The van der Waals surface area contributed by atoms with Crippen molar-refractivity contribution < 1.29 is 4.74 Å². The van der Waals surface area contributed by atoms with Crippen molar-refractivity contribution in [2.45, 2.75) is 31.5 Å². The van der Waals surface area contributed by atoms with Crippen LogP contribution in [0.4, 0.5) is 0 Å². The third kappa shape index (κ3) is 2.49. The number of hydrogen-bond donors (Lipinski definition) is 1. The fourth-order valence-electron chi connectivity index (χ4n) is 2.39. The van der Waals surface area contributed by atoms with Crippen LogP contribution in [0.25, 0.3) is 0 Å². The van der Waals surface area contributed by atoms with Crippen LogP contribution in [-0.4, -0.2) is 16.2 Å². The van der Waals surface area contributed by atoms with Gasteiger partial charge in [-0.05, 0) is 30.5 Å². The molecule has 0 aliphatic heterocycles. The second-order valence-corrected chi connectivity index (χ2v) is 5.25. The van der Waals surface area contributed by atoms with Gasteiger partial charge in [0.25, 0.3) is 0 Å². The SMILES string of the molecule is COc1cccc(C(N)Cn2ccn(C3CC3)c2=O)c1. The van der Waals surface area contributed by atoms with Gasteiger partial charge in [-0.3, -0.25) is 9.13 Å². The third-order valence-corrected chi connectivity index (χ3v) is 3.73. The molecule has 0 radical (unpaired) electrons. The topological polar surface area (TPSA) is 62.2 Å². The Morgan fingerprint density at radius 2 is 2.20 bits per heavy atom. The highest BCUT2D eigenvalue weighted by atomic mass is 16.5. The Labute approximate surface area is 117 Å². The second kappa shape index (κ2) is 5.17. The van der Waals surface area contributed by atoms with Crippen LogP contribution in [0, 0.1) is 0 Å². The first-order valence-electron chi connectivity index (χ1n) is 6.86. The molecular formula is C15H19N3O2. The van der Waals surface area contributed by atoms with Crippen molar-refractivity contribution in [3.63, 3.8) is 0 Å². The van der Waals surface area contributed by atoms with E-state index in [1.165, 1.54) is 0 Å². The quantitative estimate of drug-likeness (QED) is 0.901. The second-order valence-electron chi connectivity index (χ2n) is 5.25. The van der Waals surface area contributed by atoms with E-state index in [-0.39, 0.29) is 11.7 Å². The normalized spacial score (nSPS) is 16.1. The van der Waals surface area contributed by atoms with Crippen LogP contribution in [0.3, 0.4) is 0 Å². The molecule has 106 valence electrons. The first-order valence-corrected chi connectivity index (χ1v) is 6.86. The summed E-state index contributed by atoms with van der Waals surface area (Å²) in [6, 6.07) is 7.83. The van der Waals surface area contributed by atoms with Crippen molar-refractivity contribution in [2.24, 2.45) is 5.73 Å². The molecule has 1 aromatic heterocycles. The molecule has 1 saturated carbocycles. The molecule has 1 aliphatic rings. The summed E-state index contributed by atoms with van der Waals surface area (Å²) in [5, 5.41) is 0. The first-order chi connectivity index (χ1) is 9.69. The highest BCUT2D eigenvalue weighted by Crippen LogP contribution is 2.33. The molecule has 3 rings (SSSR count). The highest BCUT2D eigenvalue weighted by molar-refractivity contribution is 5.30. The monoisotopic (exact) mass is 273 g/mol. The van der Waals surface area contributed by atoms with E-state index in [0.717, 1.165) is 24.2 Å². The van der Waals surface area contributed by atoms with Crippen LogP contribution in [0.5, 0.6) is 5.75 Å². The number of rotatable bonds is 5. The minimum Gasteiger partial charge on any atom is -0.497 e. The summed E-state index contributed by atoms with van der Waals surface area (Å²) in [6.45, 7) is 0.478. The maximum Gasteiger partial charge on any atom is 0.328 e. The Kier molecular flexibility index (Phi) is 3.36. The minimum absolute atomic E-state index is 0.0332. The molecule has 1 atom stereocenters. The van der Waals surface area contributed by atoms with Crippen LogP contribution in [0.15, 0.2) is 41.5 Å². The standard InChI is InChI=1S/C15H19N3O2/c1-20-13-4-2-3-11(9-13)14(16)10-17-7-8-18(15(17)19)12-5-6-12/h2-4,7-9,12,14H,5-6,10,16H2,1H3. The molecule has 0 spiro atoms. The van der Waals surface area contributed by atoms with Crippen molar-refractivity contribution in [3.05, 3.63) is 52.7 Å². The predicted molar refractivity (Wildman–Crippen MR) is 76.9 cm³/mol. The average Bonchev–Trinajstić information content (AvgIpc) is 3.25. The molecule has 2 N–H and O–H groups in total. The molecule has 2 aromatic rings. The number of benzene rings is 1. The molecule has 1 aliphatic carbocycles. The fourth-order valence-corrected chi connectivity index (χ4v) is 2.39. The number of aromatic nitrogens is 2. The Hall–Kier alpha value is -2.01. The van der Waals surface area contributed by atoms with Crippen molar-refractivity contribution in [3.8, 4) is 5.75 Å². The van der Waals surface area contributed by atoms with E-state index in [1.807, 2.05) is 36.7 Å². The summed E-state index contributed by atoms with van der Waals surface area (Å²) in [5.74, 6) is 0.779. The van der Waals surface area contributed by atoms with E-state index in [2.05, 4.69) is 0 Å². The number of nitrogens with zero attached hydrogens (tertiary/aromatic N) is 2. The van der Waals surface area contributed by atoms with E-state index >= 15 is 0 Å². The number of imidazole rings is 1. The van der Waals surface area contributed by atoms with E-state index < -0.39 is 0 Å². The summed E-state index contributed by atoms with van der Waals surface area (Å²) >= 11 is 0. The maximum atomic E-state index is 12.2. The zero-order valence-electron chi connectivity index (χ0n) is 11.5. The van der Waals surface area contributed by atoms with Gasteiger partial charge in [0.15, 0.2) is 0 Å². The lowest BCUT2D eigenvalue weighted by Gasteiger charge is -2.13. The summed E-state index contributed by atoms with van der Waals surface area (Å²) in [5.41, 5.74) is 7.20. The lowest BCUT2D eigenvalue weighted by Crippen LogP contribution is -2.28. The summed E-state index contributed by atoms with van der Waals surface area (Å²) in [6.07, 6.45) is 5.89. The number of ether oxygens (including phenoxy) is 1. The average molecular weight is 273 g/mol. The fraction of sp³-hybridized carbons (Fsp3) is 0.400. The van der Waals surface area contributed by atoms with Crippen LogP contribution in [0.1, 0.15) is 30.5 Å². The number of methoxy groups -OCH3 is 1. The van der Waals surface area contributed by atoms with Crippen LogP contribution in [-0.2, 0) is 6.54 Å². The van der Waals surface area contributed by atoms with Crippen molar-refractivity contribution in [1.29, 1.82) is 0 Å². The summed E-state index contributed by atoms with van der Waals surface area (Å²) in [7, 11) is 1.63. The molecule has 1 heterocycles. The summed E-state index contributed by atoms with van der Waals surface area (Å²) in [4.78, 5) is 12.2. The van der Waals surface area contributed by atoms with E-state index in [1.54, 1.807) is 16.2 Å². The zero-order chi connectivity index (χ0) is 14.1. The Balaban J connectivity index is 1.78. The van der Waals surface area contributed by atoms with Crippen LogP contribution in [0.2, 0.25) is 0 Å². The molecule has 1 unspecified atom stereocenters. The predicted octanol–water partition coefficient (Wildman–Crippen LogP) is 1.69. The van der Waals surface area contributed by atoms with Crippen LogP contribution >= 0.6 is 0 Å². The molecule has 0 amide bonds. The van der Waals surface area contributed by atoms with Gasteiger partial charge in [0.1, 0.15) is 5.75 Å². The Bertz CT molecular complexity index is 655. The van der Waals surface area contributed by atoms with Gasteiger partial charge in [-0.2, -0.15) is 0 Å². The van der Waals surface area contributed by atoms with Gasteiger partial charge in [0, 0.05) is 31.0 Å². The minimum atomic E-state index is -0.224. The van der Waals surface area contributed by atoms with Gasteiger partial charge >= 0.3 is 5.69 Å². The van der Waals surface area contributed by atoms with Crippen LogP contribution < -0.4 is 16.2 Å². The molecule has 0 saturated heterocycles. The highest BCUT2D eigenvalue weighted by Gasteiger charge is 2.25. The molecule has 1 aromatic carbocycles. The molecule has 1 fully saturated rings. The van der Waals surface area contributed by atoms with Gasteiger partial charge in [-0.15, -0.1) is 0 Å². The van der Waals surface area contributed by atoms with E-state index in [4.69, 9.17) is 10.5 Å². The number of nitrogens with two attached hydrogens (primary N) is 1. The van der Waals surface area contributed by atoms with E-state index in [9.17, 15) is 4.79 Å². The molecule has 0 bridgehead atoms. The van der Waals surface area contributed by atoms with E-state index in [0.29, 0.717) is 12.6 Å². The van der Waals surface area contributed by atoms with Crippen molar-refractivity contribution in [1.82, 2.24) is 9.13 Å². The lowest BCUT2D eigenvalue weighted by atomic mass is 10.1. The van der Waals surface area contributed by atoms with Gasteiger partial charge in [-0.25, -0.2) is 4.79 Å². The maximum absolute atomic E-state index is 12.2. The molecule has 5 heteroatoms. The van der Waals surface area contributed by atoms with Gasteiger partial charge in [0.05, 0.1) is 7.11 Å². The largest absolute Gasteiger partial charge is 0.497 e. The zero-order valence-corrected chi connectivity index (χ0v) is 11.5. The van der Waals surface area contributed by atoms with Crippen molar-refractivity contribution in [2.75, 3.05) is 7.11 Å². The van der Waals surface area contributed by atoms with Gasteiger partial charge in [0.2, 0.25) is 0 Å². The molecule has 20 heavy (non-hydrogen) atoms. The Morgan fingerprint density at radius 3 is 2.90 bits per heavy atom. The number of hydrogen-bond acceptors (Lipinski definition) is 3. The lowest BCUT2D eigenvalue weighted by molar-refractivity contribution is 0.413. The smallest absolute Gasteiger partial charge is 0.328 e.